The summed E-state index contributed by atoms with van der Waals surface area (Å²) in [6.07, 6.45) is 3.16. The zero-order chi connectivity index (χ0) is 21.1. The molecule has 0 saturated carbocycles. The molecule has 1 aromatic carbocycles. The van der Waals surface area contributed by atoms with Crippen LogP contribution < -0.4 is 10.2 Å². The molecule has 3 aromatic rings. The summed E-state index contributed by atoms with van der Waals surface area (Å²) in [6, 6.07) is 11.6. The Balaban J connectivity index is 1.46. The van der Waals surface area contributed by atoms with Gasteiger partial charge in [-0.25, -0.2) is 14.5 Å². The lowest BCUT2D eigenvalue weighted by Crippen LogP contribution is -2.37. The van der Waals surface area contributed by atoms with Crippen LogP contribution in [0, 0.1) is 5.92 Å². The molecule has 9 nitrogen and oxygen atoms in total. The van der Waals surface area contributed by atoms with Crippen molar-refractivity contribution in [2.24, 2.45) is 5.92 Å². The molecule has 1 saturated heterocycles. The van der Waals surface area contributed by atoms with Gasteiger partial charge in [0, 0.05) is 6.20 Å². The molecule has 156 valence electrons. The average molecular weight is 407 g/mol. The number of aromatic nitrogens is 5. The molecular formula is C21H25N7O2. The number of hydrogen-bond donors (Lipinski definition) is 1. The number of benzene rings is 1. The second-order valence-corrected chi connectivity index (χ2v) is 7.69. The molecule has 0 bridgehead atoms. The Morgan fingerprint density at radius 2 is 2.00 bits per heavy atom. The first-order valence-corrected chi connectivity index (χ1v) is 10.0. The zero-order valence-corrected chi connectivity index (χ0v) is 17.3. The van der Waals surface area contributed by atoms with Gasteiger partial charge >= 0.3 is 6.09 Å². The van der Waals surface area contributed by atoms with Crippen molar-refractivity contribution in [3.8, 4) is 0 Å². The number of ether oxygens (including phenoxy) is 1. The van der Waals surface area contributed by atoms with E-state index in [1.165, 1.54) is 0 Å². The Kier molecular flexibility index (Phi) is 5.60. The van der Waals surface area contributed by atoms with Gasteiger partial charge in [0.1, 0.15) is 18.1 Å². The van der Waals surface area contributed by atoms with Crippen LogP contribution >= 0.6 is 0 Å². The molecule has 0 radical (unpaired) electrons. The van der Waals surface area contributed by atoms with Gasteiger partial charge < -0.3 is 10.1 Å². The van der Waals surface area contributed by atoms with E-state index in [0.29, 0.717) is 24.9 Å². The molecule has 1 fully saturated rings. The third-order valence-electron chi connectivity index (χ3n) is 5.10. The minimum absolute atomic E-state index is 0.0458. The Bertz CT molecular complexity index is 1010. The van der Waals surface area contributed by atoms with Gasteiger partial charge in [0.2, 0.25) is 5.95 Å². The molecule has 1 unspecified atom stereocenters. The maximum Gasteiger partial charge on any atom is 0.415 e. The van der Waals surface area contributed by atoms with E-state index in [0.717, 1.165) is 11.3 Å². The van der Waals surface area contributed by atoms with Gasteiger partial charge in [-0.15, -0.1) is 5.10 Å². The van der Waals surface area contributed by atoms with Crippen LogP contribution in [0.2, 0.25) is 0 Å². The number of hydrogen-bond acceptors (Lipinski definition) is 7. The minimum Gasteiger partial charge on any atom is -0.447 e. The second kappa shape index (κ2) is 8.48. The van der Waals surface area contributed by atoms with Crippen molar-refractivity contribution in [1.29, 1.82) is 0 Å². The number of amides is 1. The monoisotopic (exact) mass is 407 g/mol. The lowest BCUT2D eigenvalue weighted by Gasteiger charge is -2.23. The SMILES string of the molecule is CC(C)C1COC(=O)N1c1ccnc(N[C@@H](C)c2cn(Cc3ccccc3)nn2)n1. The molecule has 1 amide bonds. The van der Waals surface area contributed by atoms with Gasteiger partial charge in [-0.2, -0.15) is 4.98 Å². The largest absolute Gasteiger partial charge is 0.447 e. The van der Waals surface area contributed by atoms with Crippen LogP contribution in [-0.4, -0.2) is 43.7 Å². The van der Waals surface area contributed by atoms with Crippen LogP contribution in [0.4, 0.5) is 16.6 Å². The Morgan fingerprint density at radius 3 is 2.77 bits per heavy atom. The molecule has 9 heteroatoms. The summed E-state index contributed by atoms with van der Waals surface area (Å²) in [5.74, 6) is 1.19. The van der Waals surface area contributed by atoms with E-state index in [9.17, 15) is 4.79 Å². The van der Waals surface area contributed by atoms with E-state index >= 15 is 0 Å². The lowest BCUT2D eigenvalue weighted by atomic mass is 10.0. The number of carbonyl (C=O) groups excluding carboxylic acids is 1. The fraction of sp³-hybridized carbons (Fsp3) is 0.381. The molecule has 3 heterocycles. The third-order valence-corrected chi connectivity index (χ3v) is 5.10. The molecule has 0 spiro atoms. The maximum atomic E-state index is 12.2. The molecule has 4 rings (SSSR count). The highest BCUT2D eigenvalue weighted by Crippen LogP contribution is 2.26. The normalized spacial score (nSPS) is 17.3. The van der Waals surface area contributed by atoms with E-state index < -0.39 is 0 Å². The van der Waals surface area contributed by atoms with E-state index in [4.69, 9.17) is 4.74 Å². The number of carbonyl (C=O) groups is 1. The quantitative estimate of drug-likeness (QED) is 0.642. The zero-order valence-electron chi connectivity index (χ0n) is 17.3. The molecule has 0 aliphatic carbocycles. The van der Waals surface area contributed by atoms with Gasteiger partial charge in [-0.3, -0.25) is 4.90 Å². The van der Waals surface area contributed by atoms with Crippen LogP contribution in [-0.2, 0) is 11.3 Å². The predicted octanol–water partition coefficient (Wildman–Crippen LogP) is 3.27. The fourth-order valence-electron chi connectivity index (χ4n) is 3.37. The molecule has 1 N–H and O–H groups in total. The summed E-state index contributed by atoms with van der Waals surface area (Å²) < 4.78 is 7.02. The van der Waals surface area contributed by atoms with Crippen molar-refractivity contribution in [3.05, 3.63) is 60.0 Å². The fourth-order valence-corrected chi connectivity index (χ4v) is 3.37. The third kappa shape index (κ3) is 4.24. The number of nitrogens with zero attached hydrogens (tertiary/aromatic N) is 6. The van der Waals surface area contributed by atoms with Crippen LogP contribution in [0.25, 0.3) is 0 Å². The van der Waals surface area contributed by atoms with Gasteiger partial charge in [-0.05, 0) is 24.5 Å². The van der Waals surface area contributed by atoms with Crippen LogP contribution in [0.5, 0.6) is 0 Å². The summed E-state index contributed by atoms with van der Waals surface area (Å²) in [6.45, 7) is 7.10. The Hall–Kier alpha value is -3.49. The lowest BCUT2D eigenvalue weighted by molar-refractivity contribution is 0.177. The molecule has 2 aromatic heterocycles. The van der Waals surface area contributed by atoms with Gasteiger partial charge in [0.15, 0.2) is 0 Å². The molecular weight excluding hydrogens is 382 g/mol. The minimum atomic E-state index is -0.379. The van der Waals surface area contributed by atoms with Crippen molar-refractivity contribution < 1.29 is 9.53 Å². The summed E-state index contributed by atoms with van der Waals surface area (Å²) in [4.78, 5) is 22.6. The van der Waals surface area contributed by atoms with Crippen LogP contribution in [0.3, 0.4) is 0 Å². The summed E-state index contributed by atoms with van der Waals surface area (Å²) in [7, 11) is 0. The van der Waals surface area contributed by atoms with Crippen molar-refractivity contribution in [3.63, 3.8) is 0 Å². The Morgan fingerprint density at radius 1 is 1.20 bits per heavy atom. The van der Waals surface area contributed by atoms with Crippen molar-refractivity contribution in [2.75, 3.05) is 16.8 Å². The van der Waals surface area contributed by atoms with E-state index in [-0.39, 0.29) is 24.1 Å². The smallest absolute Gasteiger partial charge is 0.415 e. The van der Waals surface area contributed by atoms with Crippen molar-refractivity contribution >= 4 is 17.9 Å². The molecule has 2 atom stereocenters. The topological polar surface area (TPSA) is 98.1 Å². The highest BCUT2D eigenvalue weighted by Gasteiger charge is 2.37. The average Bonchev–Trinajstić information content (AvgIpc) is 3.36. The summed E-state index contributed by atoms with van der Waals surface area (Å²) >= 11 is 0. The first-order chi connectivity index (χ1) is 14.5. The van der Waals surface area contributed by atoms with E-state index in [1.54, 1.807) is 21.8 Å². The highest BCUT2D eigenvalue weighted by atomic mass is 16.6. The van der Waals surface area contributed by atoms with Crippen molar-refractivity contribution in [1.82, 2.24) is 25.0 Å². The maximum absolute atomic E-state index is 12.2. The van der Waals surface area contributed by atoms with Crippen molar-refractivity contribution in [2.45, 2.75) is 39.4 Å². The number of anilines is 2. The highest BCUT2D eigenvalue weighted by molar-refractivity contribution is 5.89. The summed E-state index contributed by atoms with van der Waals surface area (Å²) in [5.41, 5.74) is 1.93. The standard InChI is InChI=1S/C21H25N7O2/c1-14(2)18-13-30-21(29)28(18)19-9-10-22-20(24-19)23-15(3)17-12-27(26-25-17)11-16-7-5-4-6-8-16/h4-10,12,14-15,18H,11,13H2,1-3H3,(H,22,23,24)/t15-,18?/m0/s1. The molecule has 30 heavy (non-hydrogen) atoms. The Labute approximate surface area is 175 Å². The molecule has 1 aliphatic rings. The van der Waals surface area contributed by atoms with E-state index in [1.807, 2.05) is 31.3 Å². The van der Waals surface area contributed by atoms with E-state index in [2.05, 4.69) is 51.6 Å². The van der Waals surface area contributed by atoms with Gasteiger partial charge in [-0.1, -0.05) is 49.4 Å². The number of cyclic esters (lactones) is 1. The van der Waals surface area contributed by atoms with Crippen LogP contribution in [0.15, 0.2) is 48.8 Å². The molecule has 1 aliphatic heterocycles. The first kappa shape index (κ1) is 19.8. The van der Waals surface area contributed by atoms with Gasteiger partial charge in [0.25, 0.3) is 0 Å². The first-order valence-electron chi connectivity index (χ1n) is 10.0. The number of rotatable bonds is 7. The summed E-state index contributed by atoms with van der Waals surface area (Å²) in [5, 5.41) is 11.7. The van der Waals surface area contributed by atoms with Crippen LogP contribution in [0.1, 0.15) is 38.1 Å². The number of nitrogens with one attached hydrogen (secondary N) is 1. The second-order valence-electron chi connectivity index (χ2n) is 7.69. The predicted molar refractivity (Wildman–Crippen MR) is 112 cm³/mol. The van der Waals surface area contributed by atoms with Gasteiger partial charge in [0.05, 0.1) is 24.8 Å².